The van der Waals surface area contributed by atoms with Crippen LogP contribution in [0.1, 0.15) is 16.6 Å². The third-order valence-corrected chi connectivity index (χ3v) is 4.57. The minimum atomic E-state index is -0.0684. The predicted molar refractivity (Wildman–Crippen MR) is 74.6 cm³/mol. The van der Waals surface area contributed by atoms with Crippen molar-refractivity contribution in [2.24, 2.45) is 5.73 Å². The van der Waals surface area contributed by atoms with Gasteiger partial charge >= 0.3 is 0 Å². The second-order valence-corrected chi connectivity index (χ2v) is 6.18. The van der Waals surface area contributed by atoms with E-state index in [1.54, 1.807) is 17.5 Å². The summed E-state index contributed by atoms with van der Waals surface area (Å²) >= 11 is 8.61. The molecule has 16 heavy (non-hydrogen) atoms. The highest BCUT2D eigenvalue weighted by molar-refractivity contribution is 9.10. The number of rotatable bonds is 3. The van der Waals surface area contributed by atoms with Crippen LogP contribution in [0.25, 0.3) is 0 Å². The molecule has 0 aliphatic rings. The molecule has 1 unspecified atom stereocenters. The molecule has 0 bridgehead atoms. The van der Waals surface area contributed by atoms with Crippen molar-refractivity contribution in [3.63, 3.8) is 0 Å². The molecule has 2 aromatic rings. The number of pyridine rings is 1. The summed E-state index contributed by atoms with van der Waals surface area (Å²) in [6.07, 6.45) is 2.58. The van der Waals surface area contributed by atoms with Crippen molar-refractivity contribution < 1.29 is 0 Å². The lowest BCUT2D eigenvalue weighted by Gasteiger charge is -2.11. The van der Waals surface area contributed by atoms with Gasteiger partial charge in [-0.3, -0.25) is 4.98 Å². The van der Waals surface area contributed by atoms with Crippen LogP contribution in [-0.4, -0.2) is 4.98 Å². The van der Waals surface area contributed by atoms with Gasteiger partial charge in [0.2, 0.25) is 0 Å². The van der Waals surface area contributed by atoms with Gasteiger partial charge in [-0.25, -0.2) is 0 Å². The number of hydrogen-bond acceptors (Lipinski definition) is 3. The number of aromatic nitrogens is 1. The van der Waals surface area contributed by atoms with E-state index < -0.39 is 0 Å². The van der Waals surface area contributed by atoms with E-state index in [4.69, 9.17) is 5.73 Å². The zero-order valence-corrected chi connectivity index (χ0v) is 12.3. The molecule has 0 spiro atoms. The summed E-state index contributed by atoms with van der Waals surface area (Å²) in [5, 5.41) is 2.06. The van der Waals surface area contributed by atoms with Crippen LogP contribution in [0.2, 0.25) is 0 Å². The van der Waals surface area contributed by atoms with Crippen LogP contribution in [0, 0.1) is 0 Å². The van der Waals surface area contributed by atoms with E-state index in [1.165, 1.54) is 4.88 Å². The van der Waals surface area contributed by atoms with Crippen LogP contribution in [0.15, 0.2) is 38.7 Å². The average Bonchev–Trinajstić information content (AvgIpc) is 2.64. The van der Waals surface area contributed by atoms with Crippen molar-refractivity contribution in [3.8, 4) is 0 Å². The van der Waals surface area contributed by atoms with Crippen LogP contribution in [0.4, 0.5) is 0 Å². The fourth-order valence-electron chi connectivity index (χ4n) is 1.45. The Labute approximate surface area is 115 Å². The highest BCUT2D eigenvalue weighted by Crippen LogP contribution is 2.26. The molecular weight excluding hydrogens is 352 g/mol. The maximum Gasteiger partial charge on any atom is 0.0716 e. The summed E-state index contributed by atoms with van der Waals surface area (Å²) < 4.78 is 2.08. The van der Waals surface area contributed by atoms with Crippen molar-refractivity contribution in [3.05, 3.63) is 49.3 Å². The van der Waals surface area contributed by atoms with Crippen LogP contribution in [-0.2, 0) is 6.42 Å². The van der Waals surface area contributed by atoms with Crippen LogP contribution in [0.5, 0.6) is 0 Å². The van der Waals surface area contributed by atoms with E-state index in [-0.39, 0.29) is 6.04 Å². The van der Waals surface area contributed by atoms with E-state index in [9.17, 15) is 0 Å². The second-order valence-electron chi connectivity index (χ2n) is 3.41. The van der Waals surface area contributed by atoms with Gasteiger partial charge in [0.25, 0.3) is 0 Å². The minimum Gasteiger partial charge on any atom is -0.322 e. The molecule has 0 saturated carbocycles. The smallest absolute Gasteiger partial charge is 0.0716 e. The summed E-state index contributed by atoms with van der Waals surface area (Å²) in [4.78, 5) is 5.56. The zero-order valence-electron chi connectivity index (χ0n) is 8.36. The fourth-order valence-corrected chi connectivity index (χ4v) is 3.51. The third-order valence-electron chi connectivity index (χ3n) is 2.18. The van der Waals surface area contributed by atoms with Crippen LogP contribution < -0.4 is 5.73 Å². The van der Waals surface area contributed by atoms with Gasteiger partial charge in [0.1, 0.15) is 0 Å². The Bertz CT molecular complexity index is 484. The molecule has 5 heteroatoms. The summed E-state index contributed by atoms with van der Waals surface area (Å²) in [6, 6.07) is 5.89. The summed E-state index contributed by atoms with van der Waals surface area (Å²) in [5.74, 6) is 0. The topological polar surface area (TPSA) is 38.9 Å². The van der Waals surface area contributed by atoms with Gasteiger partial charge < -0.3 is 5.73 Å². The lowest BCUT2D eigenvalue weighted by Crippen LogP contribution is -2.14. The molecule has 0 radical (unpaired) electrons. The number of halogens is 2. The molecule has 0 amide bonds. The number of nitrogens with two attached hydrogens (primary N) is 1. The monoisotopic (exact) mass is 360 g/mol. The maximum atomic E-state index is 6.14. The number of nitrogens with zero attached hydrogens (tertiary/aromatic N) is 1. The van der Waals surface area contributed by atoms with E-state index in [0.29, 0.717) is 0 Å². The standard InChI is InChI=1S/C11H10Br2N2S/c12-7-4-8(16-6-7)5-10(14)11-9(13)2-1-3-15-11/h1-4,6,10H,5,14H2. The molecule has 2 heterocycles. The van der Waals surface area contributed by atoms with Crippen molar-refractivity contribution in [1.82, 2.24) is 4.98 Å². The van der Waals surface area contributed by atoms with E-state index >= 15 is 0 Å². The molecule has 0 aliphatic heterocycles. The van der Waals surface area contributed by atoms with Gasteiger partial charge in [-0.05, 0) is 50.1 Å². The Kier molecular flexibility index (Phi) is 4.13. The Morgan fingerprint density at radius 3 is 2.88 bits per heavy atom. The summed E-state index contributed by atoms with van der Waals surface area (Å²) in [5.41, 5.74) is 7.05. The van der Waals surface area contributed by atoms with Gasteiger partial charge in [0.05, 0.1) is 11.7 Å². The normalized spacial score (nSPS) is 12.7. The first-order valence-electron chi connectivity index (χ1n) is 4.75. The first kappa shape index (κ1) is 12.2. The first-order valence-corrected chi connectivity index (χ1v) is 7.22. The van der Waals surface area contributed by atoms with Crippen molar-refractivity contribution in [1.29, 1.82) is 0 Å². The number of hydrogen-bond donors (Lipinski definition) is 1. The summed E-state index contributed by atoms with van der Waals surface area (Å²) in [6.45, 7) is 0. The Morgan fingerprint density at radius 1 is 1.44 bits per heavy atom. The Hall–Kier alpha value is -0.230. The van der Waals surface area contributed by atoms with Crippen LogP contribution >= 0.6 is 43.2 Å². The largest absolute Gasteiger partial charge is 0.322 e. The molecule has 0 aromatic carbocycles. The lowest BCUT2D eigenvalue weighted by atomic mass is 10.1. The first-order chi connectivity index (χ1) is 7.66. The highest BCUT2D eigenvalue weighted by Gasteiger charge is 2.12. The van der Waals surface area contributed by atoms with Crippen LogP contribution in [0.3, 0.4) is 0 Å². The van der Waals surface area contributed by atoms with Gasteiger partial charge in [-0.15, -0.1) is 11.3 Å². The predicted octanol–water partition coefficient (Wildman–Crippen LogP) is 3.91. The fraction of sp³-hybridized carbons (Fsp3) is 0.182. The maximum absolute atomic E-state index is 6.14. The molecule has 2 N–H and O–H groups in total. The molecule has 1 atom stereocenters. The van der Waals surface area contributed by atoms with Crippen molar-refractivity contribution >= 4 is 43.2 Å². The Morgan fingerprint density at radius 2 is 2.25 bits per heavy atom. The molecule has 0 aliphatic carbocycles. The molecular formula is C11H10Br2N2S. The van der Waals surface area contributed by atoms with E-state index in [0.717, 1.165) is 21.1 Å². The van der Waals surface area contributed by atoms with Gasteiger partial charge in [-0.2, -0.15) is 0 Å². The van der Waals surface area contributed by atoms with Gasteiger partial charge in [0, 0.05) is 31.8 Å². The van der Waals surface area contributed by atoms with Gasteiger partial charge in [-0.1, -0.05) is 0 Å². The lowest BCUT2D eigenvalue weighted by molar-refractivity contribution is 0.699. The quantitative estimate of drug-likeness (QED) is 0.899. The van der Waals surface area contributed by atoms with E-state index in [2.05, 4.69) is 48.3 Å². The SMILES string of the molecule is NC(Cc1cc(Br)cs1)c1ncccc1Br. The summed E-state index contributed by atoms with van der Waals surface area (Å²) in [7, 11) is 0. The van der Waals surface area contributed by atoms with E-state index in [1.807, 2.05) is 12.1 Å². The minimum absolute atomic E-state index is 0.0684. The van der Waals surface area contributed by atoms with Gasteiger partial charge in [0.15, 0.2) is 0 Å². The number of thiophene rings is 1. The molecule has 2 nitrogen and oxygen atoms in total. The second kappa shape index (κ2) is 5.40. The highest BCUT2D eigenvalue weighted by atomic mass is 79.9. The van der Waals surface area contributed by atoms with Crippen molar-refractivity contribution in [2.45, 2.75) is 12.5 Å². The molecule has 0 fully saturated rings. The molecule has 0 saturated heterocycles. The molecule has 2 aromatic heterocycles. The molecule has 2 rings (SSSR count). The Balaban J connectivity index is 2.14. The van der Waals surface area contributed by atoms with Crippen molar-refractivity contribution in [2.75, 3.05) is 0 Å². The zero-order chi connectivity index (χ0) is 11.5. The third kappa shape index (κ3) is 2.91. The molecule has 84 valence electrons. The average molecular weight is 362 g/mol.